The normalized spacial score (nSPS) is 21.1. The van der Waals surface area contributed by atoms with E-state index in [1.165, 1.54) is 11.1 Å². The highest BCUT2D eigenvalue weighted by atomic mass is 16.5. The Morgan fingerprint density at radius 1 is 1.17 bits per heavy atom. The summed E-state index contributed by atoms with van der Waals surface area (Å²) in [7, 11) is 0. The second kappa shape index (κ2) is 5.53. The van der Waals surface area contributed by atoms with Crippen LogP contribution in [-0.2, 0) is 9.53 Å². The zero-order chi connectivity index (χ0) is 13.1. The lowest BCUT2D eigenvalue weighted by Crippen LogP contribution is -2.35. The third-order valence-corrected chi connectivity index (χ3v) is 3.49. The highest BCUT2D eigenvalue weighted by Gasteiger charge is 2.27. The molecule has 2 unspecified atom stereocenters. The van der Waals surface area contributed by atoms with E-state index in [9.17, 15) is 4.79 Å². The highest BCUT2D eigenvalue weighted by Crippen LogP contribution is 2.20. The van der Waals surface area contributed by atoms with Gasteiger partial charge in [0.1, 0.15) is 6.04 Å². The summed E-state index contributed by atoms with van der Waals surface area (Å²) in [6.07, 6.45) is 0.771. The van der Waals surface area contributed by atoms with Crippen molar-refractivity contribution in [1.29, 1.82) is 0 Å². The molecule has 1 fully saturated rings. The van der Waals surface area contributed by atoms with Crippen molar-refractivity contribution in [2.45, 2.75) is 45.2 Å². The summed E-state index contributed by atoms with van der Waals surface area (Å²) in [5.41, 5.74) is 2.55. The predicted molar refractivity (Wildman–Crippen MR) is 71.4 cm³/mol. The van der Waals surface area contributed by atoms with Gasteiger partial charge in [0.05, 0.1) is 6.61 Å². The predicted octanol–water partition coefficient (Wildman–Crippen LogP) is 2.78. The summed E-state index contributed by atoms with van der Waals surface area (Å²) in [6, 6.07) is 8.60. The number of carbonyl (C=O) groups is 1. The quantitative estimate of drug-likeness (QED) is 0.831. The second-order valence-corrected chi connectivity index (χ2v) is 5.22. The fourth-order valence-electron chi connectivity index (χ4n) is 2.21. The average Bonchev–Trinajstić information content (AvgIpc) is 2.75. The molecule has 1 heterocycles. The third-order valence-electron chi connectivity index (χ3n) is 3.49. The second-order valence-electron chi connectivity index (χ2n) is 5.22. The number of esters is 1. The number of hydrogen-bond acceptors (Lipinski definition) is 3. The van der Waals surface area contributed by atoms with Gasteiger partial charge >= 0.3 is 5.97 Å². The molecule has 2 rings (SSSR count). The SMILES string of the molecule is CC(C)c1ccc(C(C)NC2CCOC2=O)cc1. The molecule has 1 aliphatic rings. The Balaban J connectivity index is 2.00. The van der Waals surface area contributed by atoms with Crippen molar-refractivity contribution in [2.24, 2.45) is 0 Å². The van der Waals surface area contributed by atoms with Crippen LogP contribution >= 0.6 is 0 Å². The van der Waals surface area contributed by atoms with Gasteiger partial charge in [-0.3, -0.25) is 10.1 Å². The van der Waals surface area contributed by atoms with Gasteiger partial charge in [0.2, 0.25) is 0 Å². The first-order chi connectivity index (χ1) is 8.58. The Kier molecular flexibility index (Phi) is 4.02. The molecule has 3 heteroatoms. The molecular formula is C15H21NO2. The Morgan fingerprint density at radius 2 is 1.78 bits per heavy atom. The average molecular weight is 247 g/mol. The van der Waals surface area contributed by atoms with Crippen LogP contribution in [0.4, 0.5) is 0 Å². The zero-order valence-corrected chi connectivity index (χ0v) is 11.3. The molecular weight excluding hydrogens is 226 g/mol. The third kappa shape index (κ3) is 2.91. The van der Waals surface area contributed by atoms with Crippen LogP contribution in [0.25, 0.3) is 0 Å². The highest BCUT2D eigenvalue weighted by molar-refractivity contribution is 5.77. The van der Waals surface area contributed by atoms with Gasteiger partial charge in [-0.2, -0.15) is 0 Å². The number of rotatable bonds is 4. The van der Waals surface area contributed by atoms with Gasteiger partial charge in [0.15, 0.2) is 0 Å². The van der Waals surface area contributed by atoms with Crippen LogP contribution in [-0.4, -0.2) is 18.6 Å². The van der Waals surface area contributed by atoms with Crippen molar-refractivity contribution in [1.82, 2.24) is 5.32 Å². The van der Waals surface area contributed by atoms with Crippen LogP contribution in [0.15, 0.2) is 24.3 Å². The Morgan fingerprint density at radius 3 is 2.28 bits per heavy atom. The first-order valence-electron chi connectivity index (χ1n) is 6.60. The van der Waals surface area contributed by atoms with E-state index in [0.717, 1.165) is 6.42 Å². The van der Waals surface area contributed by atoms with Gasteiger partial charge in [-0.1, -0.05) is 38.1 Å². The summed E-state index contributed by atoms with van der Waals surface area (Å²) >= 11 is 0. The molecule has 0 bridgehead atoms. The topological polar surface area (TPSA) is 38.3 Å². The number of benzene rings is 1. The van der Waals surface area contributed by atoms with Crippen molar-refractivity contribution in [3.05, 3.63) is 35.4 Å². The Bertz CT molecular complexity index is 411. The molecule has 2 atom stereocenters. The molecule has 0 aromatic heterocycles. The lowest BCUT2D eigenvalue weighted by Gasteiger charge is -2.18. The number of nitrogens with one attached hydrogen (secondary N) is 1. The van der Waals surface area contributed by atoms with E-state index in [0.29, 0.717) is 12.5 Å². The molecule has 1 aromatic rings. The van der Waals surface area contributed by atoms with Crippen LogP contribution in [0.2, 0.25) is 0 Å². The van der Waals surface area contributed by atoms with E-state index in [-0.39, 0.29) is 18.1 Å². The number of hydrogen-bond donors (Lipinski definition) is 1. The molecule has 0 radical (unpaired) electrons. The van der Waals surface area contributed by atoms with Crippen LogP contribution in [0.5, 0.6) is 0 Å². The summed E-state index contributed by atoms with van der Waals surface area (Å²) < 4.78 is 4.95. The van der Waals surface area contributed by atoms with Crippen molar-refractivity contribution >= 4 is 5.97 Å². The van der Waals surface area contributed by atoms with Gasteiger partial charge in [0.25, 0.3) is 0 Å². The fourth-order valence-corrected chi connectivity index (χ4v) is 2.21. The smallest absolute Gasteiger partial charge is 0.323 e. The lowest BCUT2D eigenvalue weighted by atomic mass is 9.99. The van der Waals surface area contributed by atoms with E-state index < -0.39 is 0 Å². The van der Waals surface area contributed by atoms with Gasteiger partial charge < -0.3 is 4.74 Å². The molecule has 1 aromatic carbocycles. The monoisotopic (exact) mass is 247 g/mol. The molecule has 1 saturated heterocycles. The number of ether oxygens (including phenoxy) is 1. The summed E-state index contributed by atoms with van der Waals surface area (Å²) in [5, 5.41) is 3.32. The van der Waals surface area contributed by atoms with Crippen LogP contribution in [0, 0.1) is 0 Å². The van der Waals surface area contributed by atoms with Crippen LogP contribution in [0.3, 0.4) is 0 Å². The summed E-state index contributed by atoms with van der Waals surface area (Å²) in [4.78, 5) is 11.4. The zero-order valence-electron chi connectivity index (χ0n) is 11.3. The van der Waals surface area contributed by atoms with Gasteiger partial charge in [-0.25, -0.2) is 0 Å². The fraction of sp³-hybridized carbons (Fsp3) is 0.533. The minimum atomic E-state index is -0.148. The van der Waals surface area contributed by atoms with Gasteiger partial charge in [0, 0.05) is 12.5 Å². The van der Waals surface area contributed by atoms with Crippen molar-refractivity contribution in [3.8, 4) is 0 Å². The molecule has 18 heavy (non-hydrogen) atoms. The molecule has 1 aliphatic heterocycles. The lowest BCUT2D eigenvalue weighted by molar-refractivity contribution is -0.139. The first-order valence-corrected chi connectivity index (χ1v) is 6.60. The van der Waals surface area contributed by atoms with E-state index in [4.69, 9.17) is 4.74 Å². The first kappa shape index (κ1) is 13.1. The van der Waals surface area contributed by atoms with Crippen LogP contribution < -0.4 is 5.32 Å². The van der Waals surface area contributed by atoms with Crippen molar-refractivity contribution in [2.75, 3.05) is 6.61 Å². The summed E-state index contributed by atoms with van der Waals surface area (Å²) in [5.74, 6) is 0.424. The maximum absolute atomic E-state index is 11.4. The van der Waals surface area contributed by atoms with Gasteiger partial charge in [-0.15, -0.1) is 0 Å². The van der Waals surface area contributed by atoms with Crippen molar-refractivity contribution < 1.29 is 9.53 Å². The molecule has 0 aliphatic carbocycles. The van der Waals surface area contributed by atoms with Gasteiger partial charge in [-0.05, 0) is 24.0 Å². The van der Waals surface area contributed by atoms with E-state index in [2.05, 4.69) is 50.4 Å². The molecule has 1 N–H and O–H groups in total. The maximum atomic E-state index is 11.4. The number of carbonyl (C=O) groups excluding carboxylic acids is 1. The molecule has 0 spiro atoms. The van der Waals surface area contributed by atoms with E-state index in [1.54, 1.807) is 0 Å². The molecule has 0 saturated carbocycles. The van der Waals surface area contributed by atoms with Crippen LogP contribution in [0.1, 0.15) is 50.3 Å². The standard InChI is InChI=1S/C15H21NO2/c1-10(2)12-4-6-13(7-5-12)11(3)16-14-8-9-18-15(14)17/h4-7,10-11,14,16H,8-9H2,1-3H3. The molecule has 3 nitrogen and oxygen atoms in total. The Labute approximate surface area is 109 Å². The molecule has 98 valence electrons. The largest absolute Gasteiger partial charge is 0.464 e. The van der Waals surface area contributed by atoms with E-state index in [1.807, 2.05) is 0 Å². The number of cyclic esters (lactones) is 1. The van der Waals surface area contributed by atoms with Crippen molar-refractivity contribution in [3.63, 3.8) is 0 Å². The maximum Gasteiger partial charge on any atom is 0.323 e. The Hall–Kier alpha value is -1.35. The summed E-state index contributed by atoms with van der Waals surface area (Å²) in [6.45, 7) is 6.99. The minimum absolute atomic E-state index is 0.124. The molecule has 0 amide bonds. The van der Waals surface area contributed by atoms with E-state index >= 15 is 0 Å². The minimum Gasteiger partial charge on any atom is -0.464 e.